The summed E-state index contributed by atoms with van der Waals surface area (Å²) >= 11 is 12.1. The second-order valence-electron chi connectivity index (χ2n) is 6.31. The third kappa shape index (κ3) is 3.32. The van der Waals surface area contributed by atoms with E-state index in [9.17, 15) is 4.79 Å². The molecule has 0 saturated carbocycles. The SMILES string of the molecule is CONC(=O)c1c2c(nc3ccccc13)/C(=C/c1ccc(Cl)c(Cl)c1)CC2. The fourth-order valence-corrected chi connectivity index (χ4v) is 3.79. The van der Waals surface area contributed by atoms with Crippen LogP contribution in [0.1, 0.15) is 33.6 Å². The van der Waals surface area contributed by atoms with Crippen molar-refractivity contribution in [2.45, 2.75) is 12.8 Å². The van der Waals surface area contributed by atoms with Crippen LogP contribution in [0.4, 0.5) is 0 Å². The molecule has 6 heteroatoms. The average molecular weight is 399 g/mol. The van der Waals surface area contributed by atoms with Gasteiger partial charge in [0, 0.05) is 5.39 Å². The van der Waals surface area contributed by atoms with Gasteiger partial charge in [-0.3, -0.25) is 9.63 Å². The molecule has 0 saturated heterocycles. The number of halogens is 2. The molecule has 3 aromatic rings. The smallest absolute Gasteiger partial charge is 0.275 e. The maximum absolute atomic E-state index is 12.7. The quantitative estimate of drug-likeness (QED) is 0.607. The van der Waals surface area contributed by atoms with Crippen molar-refractivity contribution in [2.24, 2.45) is 0 Å². The van der Waals surface area contributed by atoms with E-state index in [0.29, 0.717) is 15.6 Å². The first-order valence-electron chi connectivity index (χ1n) is 8.49. The Morgan fingerprint density at radius 3 is 2.74 bits per heavy atom. The second kappa shape index (κ2) is 7.31. The van der Waals surface area contributed by atoms with Crippen molar-refractivity contribution in [1.29, 1.82) is 0 Å². The molecule has 4 nitrogen and oxygen atoms in total. The molecule has 0 radical (unpaired) electrons. The number of hydroxylamine groups is 1. The second-order valence-corrected chi connectivity index (χ2v) is 7.12. The van der Waals surface area contributed by atoms with Gasteiger partial charge < -0.3 is 0 Å². The van der Waals surface area contributed by atoms with E-state index >= 15 is 0 Å². The number of hydrogen-bond donors (Lipinski definition) is 1. The highest BCUT2D eigenvalue weighted by Crippen LogP contribution is 2.38. The summed E-state index contributed by atoms with van der Waals surface area (Å²) in [7, 11) is 1.43. The number of carbonyl (C=O) groups is 1. The predicted octanol–water partition coefficient (Wildman–Crippen LogP) is 5.32. The number of nitrogens with one attached hydrogen (secondary N) is 1. The lowest BCUT2D eigenvalue weighted by Gasteiger charge is -2.12. The first-order chi connectivity index (χ1) is 13.1. The van der Waals surface area contributed by atoms with Gasteiger partial charge in [0.05, 0.1) is 33.9 Å². The maximum Gasteiger partial charge on any atom is 0.275 e. The van der Waals surface area contributed by atoms with Gasteiger partial charge in [-0.1, -0.05) is 47.5 Å². The van der Waals surface area contributed by atoms with Gasteiger partial charge in [-0.15, -0.1) is 0 Å². The molecule has 0 unspecified atom stereocenters. The summed E-state index contributed by atoms with van der Waals surface area (Å²) in [6.07, 6.45) is 3.59. The van der Waals surface area contributed by atoms with Crippen LogP contribution in [0.2, 0.25) is 10.0 Å². The topological polar surface area (TPSA) is 51.2 Å². The van der Waals surface area contributed by atoms with Gasteiger partial charge in [-0.2, -0.15) is 0 Å². The standard InChI is InChI=1S/C21H16Cl2N2O2/c1-27-25-21(26)19-14-4-2-3-5-18(14)24-20-13(7-8-15(19)20)10-12-6-9-16(22)17(23)11-12/h2-6,9-11H,7-8H2,1H3,(H,25,26)/b13-10+. The van der Waals surface area contributed by atoms with Gasteiger partial charge in [0.1, 0.15) is 0 Å². The first-order valence-corrected chi connectivity index (χ1v) is 9.25. The minimum atomic E-state index is -0.261. The molecule has 0 fully saturated rings. The molecule has 1 aromatic heterocycles. The zero-order valence-corrected chi connectivity index (χ0v) is 16.1. The fourth-order valence-electron chi connectivity index (χ4n) is 3.49. The van der Waals surface area contributed by atoms with Gasteiger partial charge in [0.15, 0.2) is 0 Å². The Bertz CT molecular complexity index is 1090. The van der Waals surface area contributed by atoms with Crippen LogP contribution in [-0.4, -0.2) is 18.0 Å². The molecule has 1 aliphatic carbocycles. The lowest BCUT2D eigenvalue weighted by atomic mass is 10.00. The van der Waals surface area contributed by atoms with E-state index in [1.165, 1.54) is 7.11 Å². The van der Waals surface area contributed by atoms with Crippen LogP contribution in [0.25, 0.3) is 22.6 Å². The monoisotopic (exact) mass is 398 g/mol. The van der Waals surface area contributed by atoms with Gasteiger partial charge >= 0.3 is 0 Å². The summed E-state index contributed by atoms with van der Waals surface area (Å²) < 4.78 is 0. The summed E-state index contributed by atoms with van der Waals surface area (Å²) in [5.41, 5.74) is 7.65. The van der Waals surface area contributed by atoms with Crippen molar-refractivity contribution >= 4 is 51.7 Å². The van der Waals surface area contributed by atoms with E-state index in [1.807, 2.05) is 42.5 Å². The molecule has 1 aliphatic rings. The number of carbonyl (C=O) groups excluding carboxylic acids is 1. The fraction of sp³-hybridized carbons (Fsp3) is 0.143. The Balaban J connectivity index is 1.89. The number of hydrogen-bond acceptors (Lipinski definition) is 3. The normalized spacial score (nSPS) is 14.6. The summed E-state index contributed by atoms with van der Waals surface area (Å²) in [5, 5.41) is 1.85. The number of allylic oxidation sites excluding steroid dienone is 1. The van der Waals surface area contributed by atoms with Crippen molar-refractivity contribution in [3.05, 3.63) is 74.9 Å². The number of rotatable bonds is 3. The minimum absolute atomic E-state index is 0.261. The molecule has 2 aromatic carbocycles. The van der Waals surface area contributed by atoms with E-state index in [-0.39, 0.29) is 5.91 Å². The molecule has 136 valence electrons. The number of aromatic nitrogens is 1. The van der Waals surface area contributed by atoms with E-state index in [2.05, 4.69) is 5.48 Å². The molecule has 0 spiro atoms. The van der Waals surface area contributed by atoms with Gasteiger partial charge in [0.25, 0.3) is 5.91 Å². The van der Waals surface area contributed by atoms with E-state index in [1.54, 1.807) is 6.07 Å². The van der Waals surface area contributed by atoms with Gasteiger partial charge in [-0.05, 0) is 53.8 Å². The molecule has 0 atom stereocenters. The molecular weight excluding hydrogens is 383 g/mol. The highest BCUT2D eigenvalue weighted by molar-refractivity contribution is 6.42. The summed E-state index contributed by atoms with van der Waals surface area (Å²) in [5.74, 6) is -0.261. The number of nitrogens with zero attached hydrogens (tertiary/aromatic N) is 1. The van der Waals surface area contributed by atoms with Crippen LogP contribution < -0.4 is 5.48 Å². The largest absolute Gasteiger partial charge is 0.277 e. The summed E-state index contributed by atoms with van der Waals surface area (Å²) in [6.45, 7) is 0. The Morgan fingerprint density at radius 2 is 1.96 bits per heavy atom. The molecule has 1 amide bonds. The lowest BCUT2D eigenvalue weighted by molar-refractivity contribution is 0.0538. The van der Waals surface area contributed by atoms with Crippen LogP contribution in [-0.2, 0) is 11.3 Å². The van der Waals surface area contributed by atoms with Crippen LogP contribution in [0.5, 0.6) is 0 Å². The number of fused-ring (bicyclic) bond motifs is 2. The third-order valence-corrected chi connectivity index (χ3v) is 5.39. The average Bonchev–Trinajstić information content (AvgIpc) is 3.05. The first kappa shape index (κ1) is 18.0. The molecule has 0 bridgehead atoms. The van der Waals surface area contributed by atoms with Crippen LogP contribution in [0.15, 0.2) is 42.5 Å². The van der Waals surface area contributed by atoms with Crippen molar-refractivity contribution in [2.75, 3.05) is 7.11 Å². The Morgan fingerprint density at radius 1 is 1.15 bits per heavy atom. The van der Waals surface area contributed by atoms with E-state index in [4.69, 9.17) is 33.0 Å². The number of para-hydroxylation sites is 1. The van der Waals surface area contributed by atoms with Crippen molar-refractivity contribution < 1.29 is 9.63 Å². The maximum atomic E-state index is 12.7. The Kier molecular flexibility index (Phi) is 4.87. The Labute approximate surface area is 166 Å². The van der Waals surface area contributed by atoms with Crippen LogP contribution in [0, 0.1) is 0 Å². The zero-order valence-electron chi connectivity index (χ0n) is 14.6. The van der Waals surface area contributed by atoms with E-state index < -0.39 is 0 Å². The van der Waals surface area contributed by atoms with Gasteiger partial charge in [-0.25, -0.2) is 10.5 Å². The minimum Gasteiger partial charge on any atom is -0.277 e. The predicted molar refractivity (Wildman–Crippen MR) is 109 cm³/mol. The van der Waals surface area contributed by atoms with Crippen molar-refractivity contribution in [3.8, 4) is 0 Å². The summed E-state index contributed by atoms with van der Waals surface area (Å²) in [4.78, 5) is 22.3. The van der Waals surface area contributed by atoms with E-state index in [0.717, 1.165) is 46.1 Å². The molecule has 27 heavy (non-hydrogen) atoms. The highest BCUT2D eigenvalue weighted by atomic mass is 35.5. The molecule has 1 N–H and O–H groups in total. The third-order valence-electron chi connectivity index (χ3n) is 4.65. The van der Waals surface area contributed by atoms with Crippen LogP contribution in [0.3, 0.4) is 0 Å². The summed E-state index contributed by atoms with van der Waals surface area (Å²) in [6, 6.07) is 13.2. The number of benzene rings is 2. The molecule has 0 aliphatic heterocycles. The van der Waals surface area contributed by atoms with Crippen molar-refractivity contribution in [1.82, 2.24) is 10.5 Å². The van der Waals surface area contributed by atoms with Crippen LogP contribution >= 0.6 is 23.2 Å². The van der Waals surface area contributed by atoms with Crippen molar-refractivity contribution in [3.63, 3.8) is 0 Å². The zero-order chi connectivity index (χ0) is 19.0. The highest BCUT2D eigenvalue weighted by Gasteiger charge is 2.26. The van der Waals surface area contributed by atoms with Gasteiger partial charge in [0.2, 0.25) is 0 Å². The lowest BCUT2D eigenvalue weighted by Crippen LogP contribution is -2.23. The number of pyridine rings is 1. The number of amides is 1. The molecule has 4 rings (SSSR count). The Hall–Kier alpha value is -2.40. The molecular formula is C21H16Cl2N2O2. The molecule has 1 heterocycles.